The van der Waals surface area contributed by atoms with Gasteiger partial charge in [0.1, 0.15) is 11.4 Å². The summed E-state index contributed by atoms with van der Waals surface area (Å²) in [6.45, 7) is 3.27. The van der Waals surface area contributed by atoms with E-state index in [1.165, 1.54) is 31.2 Å². The summed E-state index contributed by atoms with van der Waals surface area (Å²) < 4.78 is 5.84. The first-order chi connectivity index (χ1) is 17.2. The Morgan fingerprint density at radius 3 is 2.71 bits per heavy atom. The van der Waals surface area contributed by atoms with Gasteiger partial charge in [-0.05, 0) is 79.6 Å². The number of hydrogen-bond donors (Lipinski definition) is 2. The molecule has 2 aromatic heterocycles. The molecule has 0 spiro atoms. The van der Waals surface area contributed by atoms with Gasteiger partial charge in [0.15, 0.2) is 0 Å². The van der Waals surface area contributed by atoms with E-state index in [1.54, 1.807) is 12.3 Å². The molecule has 6 heteroatoms. The van der Waals surface area contributed by atoms with Crippen molar-refractivity contribution in [1.29, 1.82) is 0 Å². The van der Waals surface area contributed by atoms with E-state index >= 15 is 0 Å². The van der Waals surface area contributed by atoms with Gasteiger partial charge in [-0.1, -0.05) is 44.7 Å². The number of nitrogens with one attached hydrogen (secondary N) is 1. The Labute approximate surface area is 208 Å². The maximum Gasteiger partial charge on any atom is 0.274 e. The lowest BCUT2D eigenvalue weighted by Crippen LogP contribution is -2.16. The van der Waals surface area contributed by atoms with Crippen molar-refractivity contribution in [2.75, 3.05) is 18.5 Å². The first kappa shape index (κ1) is 24.9. The smallest absolute Gasteiger partial charge is 0.274 e. The molecule has 6 nitrogen and oxygen atoms in total. The molecule has 2 heterocycles. The Kier molecular flexibility index (Phi) is 8.85. The van der Waals surface area contributed by atoms with E-state index in [4.69, 9.17) is 15.5 Å². The van der Waals surface area contributed by atoms with Gasteiger partial charge in [0.2, 0.25) is 0 Å². The van der Waals surface area contributed by atoms with Crippen molar-refractivity contribution >= 4 is 11.6 Å². The number of nitrogens with zero attached hydrogens (tertiary/aromatic N) is 2. The maximum atomic E-state index is 13.3. The molecule has 1 fully saturated rings. The second-order valence-corrected chi connectivity index (χ2v) is 9.22. The SMILES string of the molecule is CCCOc1ccc(CCN)c(-c2cccc(C(=O)Nc3cnccc3C3CCCCCC3)n2)c1. The molecule has 0 saturated heterocycles. The number of hydrogen-bond acceptors (Lipinski definition) is 5. The third-order valence-corrected chi connectivity index (χ3v) is 6.62. The average molecular weight is 473 g/mol. The molecule has 4 rings (SSSR count). The zero-order valence-electron chi connectivity index (χ0n) is 20.6. The second kappa shape index (κ2) is 12.5. The van der Waals surface area contributed by atoms with E-state index < -0.39 is 0 Å². The van der Waals surface area contributed by atoms with Crippen molar-refractivity contribution in [1.82, 2.24) is 9.97 Å². The van der Waals surface area contributed by atoms with Crippen molar-refractivity contribution in [3.63, 3.8) is 0 Å². The van der Waals surface area contributed by atoms with Gasteiger partial charge in [-0.2, -0.15) is 0 Å². The van der Waals surface area contributed by atoms with Crippen molar-refractivity contribution < 1.29 is 9.53 Å². The van der Waals surface area contributed by atoms with Gasteiger partial charge in [-0.3, -0.25) is 9.78 Å². The zero-order valence-corrected chi connectivity index (χ0v) is 20.6. The topological polar surface area (TPSA) is 90.1 Å². The normalized spacial score (nSPS) is 14.3. The molecule has 184 valence electrons. The van der Waals surface area contributed by atoms with E-state index in [0.29, 0.717) is 24.8 Å². The number of carbonyl (C=O) groups is 1. The minimum Gasteiger partial charge on any atom is -0.494 e. The summed E-state index contributed by atoms with van der Waals surface area (Å²) in [6.07, 6.45) is 12.6. The number of rotatable bonds is 9. The minimum atomic E-state index is -0.228. The average Bonchev–Trinajstić information content (AvgIpc) is 3.18. The summed E-state index contributed by atoms with van der Waals surface area (Å²) in [5.74, 6) is 1.02. The first-order valence-electron chi connectivity index (χ1n) is 12.9. The minimum absolute atomic E-state index is 0.228. The summed E-state index contributed by atoms with van der Waals surface area (Å²) in [4.78, 5) is 22.3. The highest BCUT2D eigenvalue weighted by molar-refractivity contribution is 6.03. The van der Waals surface area contributed by atoms with Gasteiger partial charge in [0, 0.05) is 11.8 Å². The van der Waals surface area contributed by atoms with Gasteiger partial charge in [-0.25, -0.2) is 4.98 Å². The van der Waals surface area contributed by atoms with E-state index in [-0.39, 0.29) is 5.91 Å². The number of aromatic nitrogens is 2. The molecule has 35 heavy (non-hydrogen) atoms. The van der Waals surface area contributed by atoms with Crippen LogP contribution in [0.5, 0.6) is 5.75 Å². The van der Waals surface area contributed by atoms with Crippen LogP contribution in [0.15, 0.2) is 54.9 Å². The molecule has 0 atom stereocenters. The molecule has 0 aliphatic heterocycles. The Hall–Kier alpha value is -3.25. The third kappa shape index (κ3) is 6.45. The van der Waals surface area contributed by atoms with Gasteiger partial charge in [0.25, 0.3) is 5.91 Å². The summed E-state index contributed by atoms with van der Waals surface area (Å²) in [5.41, 5.74) is 11.0. The zero-order chi connectivity index (χ0) is 24.5. The van der Waals surface area contributed by atoms with Crippen LogP contribution < -0.4 is 15.8 Å². The van der Waals surface area contributed by atoms with Gasteiger partial charge in [-0.15, -0.1) is 0 Å². The molecule has 1 amide bonds. The van der Waals surface area contributed by atoms with Crippen LogP contribution in [0.2, 0.25) is 0 Å². The quantitative estimate of drug-likeness (QED) is 0.366. The van der Waals surface area contributed by atoms with Crippen LogP contribution in [0, 0.1) is 0 Å². The third-order valence-electron chi connectivity index (χ3n) is 6.62. The molecule has 0 bridgehead atoms. The van der Waals surface area contributed by atoms with Crippen LogP contribution in [-0.4, -0.2) is 29.0 Å². The van der Waals surface area contributed by atoms with Gasteiger partial charge in [0.05, 0.1) is 24.2 Å². The number of amides is 1. The van der Waals surface area contributed by atoms with Crippen molar-refractivity contribution in [2.45, 2.75) is 64.2 Å². The molecule has 1 aromatic carbocycles. The fourth-order valence-corrected chi connectivity index (χ4v) is 4.83. The second-order valence-electron chi connectivity index (χ2n) is 9.22. The van der Waals surface area contributed by atoms with Crippen LogP contribution in [-0.2, 0) is 6.42 Å². The molecule has 1 saturated carbocycles. The lowest BCUT2D eigenvalue weighted by molar-refractivity contribution is 0.102. The monoisotopic (exact) mass is 472 g/mol. The molecule has 1 aliphatic carbocycles. The number of anilines is 1. The van der Waals surface area contributed by atoms with E-state index in [1.807, 2.05) is 36.5 Å². The van der Waals surface area contributed by atoms with Crippen molar-refractivity contribution in [3.8, 4) is 17.0 Å². The molecular formula is C29H36N4O2. The summed E-state index contributed by atoms with van der Waals surface area (Å²) in [7, 11) is 0. The van der Waals surface area contributed by atoms with Crippen LogP contribution >= 0.6 is 0 Å². The highest BCUT2D eigenvalue weighted by Gasteiger charge is 2.20. The first-order valence-corrected chi connectivity index (χ1v) is 12.9. The highest BCUT2D eigenvalue weighted by Crippen LogP contribution is 2.35. The fraction of sp³-hybridized carbons (Fsp3) is 0.414. The Morgan fingerprint density at radius 1 is 1.11 bits per heavy atom. The lowest BCUT2D eigenvalue weighted by atomic mass is 9.91. The van der Waals surface area contributed by atoms with E-state index in [2.05, 4.69) is 23.3 Å². The number of nitrogens with two attached hydrogens (primary N) is 1. The predicted octanol–water partition coefficient (Wildman–Crippen LogP) is 6.12. The summed E-state index contributed by atoms with van der Waals surface area (Å²) in [5, 5.41) is 3.09. The molecular weight excluding hydrogens is 436 g/mol. The molecule has 1 aliphatic rings. The lowest BCUT2D eigenvalue weighted by Gasteiger charge is -2.18. The van der Waals surface area contributed by atoms with Gasteiger partial charge >= 0.3 is 0 Å². The molecule has 3 N–H and O–H groups in total. The van der Waals surface area contributed by atoms with Crippen LogP contribution in [0.25, 0.3) is 11.3 Å². The number of ether oxygens (including phenoxy) is 1. The Morgan fingerprint density at radius 2 is 1.94 bits per heavy atom. The van der Waals surface area contributed by atoms with Gasteiger partial charge < -0.3 is 15.8 Å². The Balaban J connectivity index is 1.59. The summed E-state index contributed by atoms with van der Waals surface area (Å²) >= 11 is 0. The largest absolute Gasteiger partial charge is 0.494 e. The number of benzene rings is 1. The standard InChI is InChI=1S/C29H36N4O2/c1-2-18-35-23-13-12-22(14-16-30)25(19-23)26-10-7-11-27(32-26)29(34)33-28-20-31-17-15-24(28)21-8-5-3-4-6-9-21/h7,10-13,15,17,19-21H,2-6,8-9,14,16,18,30H2,1H3,(H,33,34). The Bertz CT molecular complexity index is 1120. The highest BCUT2D eigenvalue weighted by atomic mass is 16.5. The van der Waals surface area contributed by atoms with Crippen molar-refractivity contribution in [2.24, 2.45) is 5.73 Å². The van der Waals surface area contributed by atoms with E-state index in [9.17, 15) is 4.79 Å². The van der Waals surface area contributed by atoms with Crippen molar-refractivity contribution in [3.05, 3.63) is 71.7 Å². The molecule has 3 aromatic rings. The van der Waals surface area contributed by atoms with Crippen LogP contribution in [0.3, 0.4) is 0 Å². The predicted molar refractivity (Wildman–Crippen MR) is 141 cm³/mol. The van der Waals surface area contributed by atoms with E-state index in [0.717, 1.165) is 53.9 Å². The van der Waals surface area contributed by atoms with Crippen LogP contribution in [0.1, 0.15) is 79.4 Å². The number of carbonyl (C=O) groups excluding carboxylic acids is 1. The molecule has 0 radical (unpaired) electrons. The molecule has 0 unspecified atom stereocenters. The summed E-state index contributed by atoms with van der Waals surface area (Å²) in [6, 6.07) is 13.6. The number of pyridine rings is 2. The fourth-order valence-electron chi connectivity index (χ4n) is 4.83. The maximum absolute atomic E-state index is 13.3. The van der Waals surface area contributed by atoms with Crippen LogP contribution in [0.4, 0.5) is 5.69 Å².